The third kappa shape index (κ3) is 4.24. The lowest BCUT2D eigenvalue weighted by Crippen LogP contribution is -2.25. The molecule has 0 radical (unpaired) electrons. The fourth-order valence-corrected chi connectivity index (χ4v) is 3.07. The summed E-state index contributed by atoms with van der Waals surface area (Å²) in [5, 5.41) is 5.16. The summed E-state index contributed by atoms with van der Waals surface area (Å²) in [6.45, 7) is 0.296. The molecule has 128 valence electrons. The van der Waals surface area contributed by atoms with Gasteiger partial charge in [0.25, 0.3) is 5.91 Å². The predicted octanol–water partition coefficient (Wildman–Crippen LogP) is 4.20. The minimum atomic E-state index is -1.06. The number of amides is 1. The number of hydrogen-bond acceptors (Lipinski definition) is 3. The first kappa shape index (κ1) is 17.2. The van der Waals surface area contributed by atoms with Gasteiger partial charge in [-0.15, -0.1) is 11.3 Å². The van der Waals surface area contributed by atoms with Crippen LogP contribution < -0.4 is 5.32 Å². The number of carbonyl (C=O) groups excluding carboxylic acids is 1. The van der Waals surface area contributed by atoms with E-state index in [9.17, 15) is 18.0 Å². The van der Waals surface area contributed by atoms with Crippen molar-refractivity contribution in [2.45, 2.75) is 6.42 Å². The second-order valence-electron chi connectivity index (χ2n) is 5.29. The van der Waals surface area contributed by atoms with Crippen LogP contribution in [0.3, 0.4) is 0 Å². The standard InChI is InChI=1S/C18H13F3N2OS/c19-13-3-1-2-12(8-13)18-23-14(10-25-18)6-7-22-17(24)11-4-5-15(20)16(21)9-11/h1-5,8-10H,6-7H2,(H,22,24). The van der Waals surface area contributed by atoms with Gasteiger partial charge in [0.05, 0.1) is 5.69 Å². The Balaban J connectivity index is 1.57. The Morgan fingerprint density at radius 1 is 1.08 bits per heavy atom. The van der Waals surface area contributed by atoms with Crippen molar-refractivity contribution < 1.29 is 18.0 Å². The number of nitrogens with zero attached hydrogens (tertiary/aromatic N) is 1. The molecule has 0 aliphatic rings. The molecule has 0 fully saturated rings. The van der Waals surface area contributed by atoms with Crippen LogP contribution in [-0.4, -0.2) is 17.4 Å². The van der Waals surface area contributed by atoms with Crippen molar-refractivity contribution in [3.05, 3.63) is 76.6 Å². The van der Waals surface area contributed by atoms with Crippen LogP contribution in [0.1, 0.15) is 16.1 Å². The average Bonchev–Trinajstić information content (AvgIpc) is 3.06. The quantitative estimate of drug-likeness (QED) is 0.739. The first-order valence-corrected chi connectivity index (χ1v) is 8.34. The number of halogens is 3. The number of nitrogens with one attached hydrogen (secondary N) is 1. The predicted molar refractivity (Wildman–Crippen MR) is 89.9 cm³/mol. The number of benzene rings is 2. The molecule has 1 heterocycles. The van der Waals surface area contributed by atoms with Crippen LogP contribution in [-0.2, 0) is 6.42 Å². The Hall–Kier alpha value is -2.67. The molecule has 0 aliphatic carbocycles. The van der Waals surface area contributed by atoms with Gasteiger partial charge in [-0.1, -0.05) is 12.1 Å². The Kier molecular flexibility index (Phi) is 5.14. The molecule has 3 rings (SSSR count). The number of thiazole rings is 1. The highest BCUT2D eigenvalue weighted by Crippen LogP contribution is 2.24. The summed E-state index contributed by atoms with van der Waals surface area (Å²) >= 11 is 1.39. The third-order valence-electron chi connectivity index (χ3n) is 3.47. The van der Waals surface area contributed by atoms with Crippen molar-refractivity contribution in [1.82, 2.24) is 10.3 Å². The Bertz CT molecular complexity index is 911. The maximum Gasteiger partial charge on any atom is 0.251 e. The third-order valence-corrected chi connectivity index (χ3v) is 4.41. The van der Waals surface area contributed by atoms with Crippen molar-refractivity contribution in [3.8, 4) is 10.6 Å². The SMILES string of the molecule is O=C(NCCc1csc(-c2cccc(F)c2)n1)c1ccc(F)c(F)c1. The van der Waals surface area contributed by atoms with Crippen LogP contribution in [0.4, 0.5) is 13.2 Å². The summed E-state index contributed by atoms with van der Waals surface area (Å²) in [4.78, 5) is 16.3. The van der Waals surface area contributed by atoms with E-state index < -0.39 is 17.5 Å². The monoisotopic (exact) mass is 362 g/mol. The molecule has 2 aromatic carbocycles. The molecular weight excluding hydrogens is 349 g/mol. The van der Waals surface area contributed by atoms with Crippen LogP contribution in [0.5, 0.6) is 0 Å². The minimum absolute atomic E-state index is 0.0534. The lowest BCUT2D eigenvalue weighted by Gasteiger charge is -2.04. The summed E-state index contributed by atoms with van der Waals surface area (Å²) in [7, 11) is 0. The van der Waals surface area contributed by atoms with Crippen molar-refractivity contribution >= 4 is 17.2 Å². The highest BCUT2D eigenvalue weighted by atomic mass is 32.1. The van der Waals surface area contributed by atoms with E-state index >= 15 is 0 Å². The van der Waals surface area contributed by atoms with Crippen molar-refractivity contribution in [3.63, 3.8) is 0 Å². The van der Waals surface area contributed by atoms with Gasteiger partial charge in [-0.05, 0) is 30.3 Å². The molecule has 3 aromatic rings. The molecule has 0 spiro atoms. The second-order valence-corrected chi connectivity index (χ2v) is 6.15. The first-order valence-electron chi connectivity index (χ1n) is 7.46. The van der Waals surface area contributed by atoms with Crippen LogP contribution >= 0.6 is 11.3 Å². The molecule has 0 aliphatic heterocycles. The summed E-state index contributed by atoms with van der Waals surface area (Å²) in [5.74, 6) is -2.87. The molecule has 0 saturated carbocycles. The summed E-state index contributed by atoms with van der Waals surface area (Å²) in [6.07, 6.45) is 0.473. The van der Waals surface area contributed by atoms with Gasteiger partial charge >= 0.3 is 0 Å². The van der Waals surface area contributed by atoms with E-state index in [-0.39, 0.29) is 11.4 Å². The van der Waals surface area contributed by atoms with Gasteiger partial charge in [0.2, 0.25) is 0 Å². The molecule has 0 unspecified atom stereocenters. The highest BCUT2D eigenvalue weighted by Gasteiger charge is 2.10. The van der Waals surface area contributed by atoms with Crippen LogP contribution in [0.25, 0.3) is 10.6 Å². The largest absolute Gasteiger partial charge is 0.352 e. The molecule has 7 heteroatoms. The van der Waals surface area contributed by atoms with E-state index in [0.29, 0.717) is 23.5 Å². The zero-order valence-corrected chi connectivity index (χ0v) is 13.7. The molecule has 0 atom stereocenters. The normalized spacial score (nSPS) is 10.7. The van der Waals surface area contributed by atoms with Gasteiger partial charge in [-0.2, -0.15) is 0 Å². The molecule has 25 heavy (non-hydrogen) atoms. The maximum absolute atomic E-state index is 13.2. The number of carbonyl (C=O) groups is 1. The number of aromatic nitrogens is 1. The van der Waals surface area contributed by atoms with E-state index in [1.54, 1.807) is 12.1 Å². The maximum atomic E-state index is 13.2. The smallest absolute Gasteiger partial charge is 0.251 e. The van der Waals surface area contributed by atoms with Crippen molar-refractivity contribution in [2.24, 2.45) is 0 Å². The number of hydrogen-bond donors (Lipinski definition) is 1. The van der Waals surface area contributed by atoms with Gasteiger partial charge < -0.3 is 5.32 Å². The fourth-order valence-electron chi connectivity index (χ4n) is 2.22. The molecule has 3 nitrogen and oxygen atoms in total. The van der Waals surface area contributed by atoms with E-state index in [1.807, 2.05) is 5.38 Å². The zero-order chi connectivity index (χ0) is 17.8. The van der Waals surface area contributed by atoms with E-state index in [1.165, 1.54) is 29.5 Å². The van der Waals surface area contributed by atoms with Gasteiger partial charge in [-0.25, -0.2) is 18.2 Å². The number of rotatable bonds is 5. The lowest BCUT2D eigenvalue weighted by molar-refractivity contribution is 0.0953. The molecule has 0 bridgehead atoms. The molecule has 1 aromatic heterocycles. The van der Waals surface area contributed by atoms with Gasteiger partial charge in [0.1, 0.15) is 10.8 Å². The van der Waals surface area contributed by atoms with Crippen LogP contribution in [0, 0.1) is 17.5 Å². The van der Waals surface area contributed by atoms with Crippen molar-refractivity contribution in [1.29, 1.82) is 0 Å². The van der Waals surface area contributed by atoms with Gasteiger partial charge in [0, 0.05) is 29.5 Å². The van der Waals surface area contributed by atoms with E-state index in [4.69, 9.17) is 0 Å². The zero-order valence-electron chi connectivity index (χ0n) is 12.9. The molecule has 1 amide bonds. The molecule has 0 saturated heterocycles. The summed E-state index contributed by atoms with van der Waals surface area (Å²) in [5.41, 5.74) is 1.51. The van der Waals surface area contributed by atoms with Crippen LogP contribution in [0.2, 0.25) is 0 Å². The molecule has 1 N–H and O–H groups in total. The lowest BCUT2D eigenvalue weighted by atomic mass is 10.2. The van der Waals surface area contributed by atoms with Gasteiger partial charge in [-0.3, -0.25) is 4.79 Å². The Morgan fingerprint density at radius 2 is 1.92 bits per heavy atom. The summed E-state index contributed by atoms with van der Waals surface area (Å²) < 4.78 is 39.2. The average molecular weight is 362 g/mol. The highest BCUT2D eigenvalue weighted by molar-refractivity contribution is 7.13. The Morgan fingerprint density at radius 3 is 2.68 bits per heavy atom. The van der Waals surface area contributed by atoms with Gasteiger partial charge in [0.15, 0.2) is 11.6 Å². The Labute approximate surface area is 146 Å². The topological polar surface area (TPSA) is 42.0 Å². The van der Waals surface area contributed by atoms with Crippen molar-refractivity contribution in [2.75, 3.05) is 6.54 Å². The van der Waals surface area contributed by atoms with E-state index in [2.05, 4.69) is 10.3 Å². The van der Waals surface area contributed by atoms with E-state index in [0.717, 1.165) is 17.8 Å². The molecular formula is C18H13F3N2OS. The second kappa shape index (κ2) is 7.48. The minimum Gasteiger partial charge on any atom is -0.352 e. The van der Waals surface area contributed by atoms with Crippen LogP contribution in [0.15, 0.2) is 47.8 Å². The summed E-state index contributed by atoms with van der Waals surface area (Å²) in [6, 6.07) is 9.16. The fraction of sp³-hybridized carbons (Fsp3) is 0.111. The first-order chi connectivity index (χ1) is 12.0.